The van der Waals surface area contributed by atoms with Crippen molar-refractivity contribution in [3.63, 3.8) is 0 Å². The summed E-state index contributed by atoms with van der Waals surface area (Å²) in [5.74, 6) is -1.37. The van der Waals surface area contributed by atoms with Crippen LogP contribution in [0.1, 0.15) is 107 Å². The van der Waals surface area contributed by atoms with E-state index in [-0.39, 0.29) is 11.6 Å². The first-order valence-corrected chi connectivity index (χ1v) is 18.2. The normalized spacial score (nSPS) is 22.7. The molecule has 30 heavy (non-hydrogen) atoms. The van der Waals surface area contributed by atoms with Crippen molar-refractivity contribution < 1.29 is 22.4 Å². The van der Waals surface area contributed by atoms with Crippen molar-refractivity contribution in [3.05, 3.63) is 22.8 Å². The zero-order chi connectivity index (χ0) is 21.0. The maximum absolute atomic E-state index is 13.3. The van der Waals surface area contributed by atoms with Gasteiger partial charge in [0.2, 0.25) is 0 Å². The molecular weight excluding hydrogens is 489 g/mol. The molecule has 0 bridgehead atoms. The summed E-state index contributed by atoms with van der Waals surface area (Å²) >= 11 is -3.47. The Morgan fingerprint density at radius 2 is 1.27 bits per heavy atom. The molecule has 0 spiro atoms. The van der Waals surface area contributed by atoms with Crippen LogP contribution in [-0.4, -0.2) is 34.8 Å². The van der Waals surface area contributed by atoms with Gasteiger partial charge in [0, 0.05) is 0 Å². The van der Waals surface area contributed by atoms with E-state index < -0.39 is 24.8 Å². The number of furan rings is 1. The maximum atomic E-state index is 13.3. The number of hydrogen-bond acceptors (Lipinski definition) is 4. The van der Waals surface area contributed by atoms with Crippen molar-refractivity contribution in [2.45, 2.75) is 108 Å². The summed E-state index contributed by atoms with van der Waals surface area (Å²) in [5, 5.41) is 9.18. The first-order valence-electron chi connectivity index (χ1n) is 12.1. The van der Waals surface area contributed by atoms with Gasteiger partial charge in [-0.05, 0) is 0 Å². The standard InChI is InChI=1S/3C6H11.C5H3NO5.Sn/c3*1-2-4-6-5-3-1;7-5(8)3-1-2-4(11-3)6(9)10;/h3*1H,2-6H2;1-2H,(H,7,8);/q;;;;+1. The average molecular weight is 525 g/mol. The molecule has 166 valence electrons. The Bertz CT molecular complexity index is 684. The number of hydrogen-bond donors (Lipinski definition) is 1. The molecule has 3 aliphatic carbocycles. The van der Waals surface area contributed by atoms with Crippen molar-refractivity contribution in [2.75, 3.05) is 0 Å². The van der Waals surface area contributed by atoms with Crippen LogP contribution < -0.4 is 0 Å². The molecule has 0 amide bonds. The molecule has 0 radical (unpaired) electrons. The van der Waals surface area contributed by atoms with E-state index in [2.05, 4.69) is 0 Å². The van der Waals surface area contributed by atoms with Gasteiger partial charge in [0.25, 0.3) is 0 Å². The second-order valence-corrected chi connectivity index (χ2v) is 22.0. The Labute approximate surface area is 183 Å². The third-order valence-electron chi connectivity index (χ3n) is 7.95. The molecule has 3 fully saturated rings. The van der Waals surface area contributed by atoms with Gasteiger partial charge in [0.15, 0.2) is 0 Å². The fourth-order valence-electron chi connectivity index (χ4n) is 6.61. The van der Waals surface area contributed by atoms with Crippen LogP contribution in [0.5, 0.6) is 0 Å². The molecule has 3 aliphatic rings. The third kappa shape index (κ3) is 4.58. The van der Waals surface area contributed by atoms with E-state index in [1.807, 2.05) is 0 Å². The van der Waals surface area contributed by atoms with E-state index in [1.54, 1.807) is 0 Å². The van der Waals surface area contributed by atoms with E-state index in [1.165, 1.54) is 108 Å². The van der Waals surface area contributed by atoms with Crippen LogP contribution in [0.2, 0.25) is 11.8 Å². The molecule has 0 unspecified atom stereocenters. The van der Waals surface area contributed by atoms with E-state index in [9.17, 15) is 14.8 Å². The topological polar surface area (TPSA) is 79.8 Å². The van der Waals surface area contributed by atoms with Crippen LogP contribution in [0, 0.1) is 4.91 Å². The van der Waals surface area contributed by atoms with Crippen molar-refractivity contribution >= 4 is 30.6 Å². The number of carboxylic acids is 1. The molecule has 4 rings (SSSR count). The summed E-state index contributed by atoms with van der Waals surface area (Å²) in [4.78, 5) is 25.1. The van der Waals surface area contributed by atoms with Gasteiger partial charge in [0.05, 0.1) is 0 Å². The molecular formula is C23H36NO5Sn+. The van der Waals surface area contributed by atoms with Gasteiger partial charge in [-0.3, -0.25) is 0 Å². The zero-order valence-corrected chi connectivity index (χ0v) is 20.9. The first kappa shape index (κ1) is 22.2. The molecule has 0 aliphatic heterocycles. The number of carbonyl (C=O) groups is 1. The number of carboxylic acid groups (broad SMARTS) is 1. The fraction of sp³-hybridized carbons (Fsp3) is 0.783. The van der Waals surface area contributed by atoms with E-state index in [0.29, 0.717) is 16.7 Å². The number of aromatic carboxylic acids is 1. The molecule has 1 N–H and O–H groups in total. The molecule has 0 atom stereocenters. The monoisotopic (exact) mass is 526 g/mol. The van der Waals surface area contributed by atoms with E-state index in [4.69, 9.17) is 7.59 Å². The van der Waals surface area contributed by atoms with Gasteiger partial charge < -0.3 is 0 Å². The van der Waals surface area contributed by atoms with Crippen LogP contribution in [0.4, 0.5) is 5.88 Å². The molecule has 1 heterocycles. The van der Waals surface area contributed by atoms with Crippen LogP contribution in [0.25, 0.3) is 0 Å². The average Bonchev–Trinajstić information content (AvgIpc) is 3.30. The molecule has 0 saturated heterocycles. The summed E-state index contributed by atoms with van der Waals surface area (Å²) in [5.41, 5.74) is 0. The van der Waals surface area contributed by atoms with Crippen molar-refractivity contribution in [2.24, 2.45) is 0 Å². The summed E-state index contributed by atoms with van der Waals surface area (Å²) < 4.78 is 13.9. The van der Waals surface area contributed by atoms with Gasteiger partial charge in [0.1, 0.15) is 0 Å². The fourth-order valence-corrected chi connectivity index (χ4v) is 25.9. The number of nitrogens with zero attached hydrogens (tertiary/aromatic N) is 1. The third-order valence-corrected chi connectivity index (χ3v) is 25.2. The van der Waals surface area contributed by atoms with Crippen LogP contribution in [0.15, 0.2) is 16.5 Å². The molecule has 1 aromatic heterocycles. The Morgan fingerprint density at radius 1 is 0.833 bits per heavy atom. The van der Waals surface area contributed by atoms with Gasteiger partial charge in [-0.25, -0.2) is 0 Å². The molecule has 3 saturated carbocycles. The first-order chi connectivity index (χ1) is 14.6. The molecule has 6 nitrogen and oxygen atoms in total. The Morgan fingerprint density at radius 3 is 1.63 bits per heavy atom. The van der Waals surface area contributed by atoms with Gasteiger partial charge >= 0.3 is 184 Å². The quantitative estimate of drug-likeness (QED) is 0.299. The SMILES string of the molecule is O=C(O)c1ccc([N+](=O)[O][Sn]([CH]2CCCCC2)([CH]2CCCCC2)[CH]2CCCCC2)o1. The zero-order valence-electron chi connectivity index (χ0n) is 18.0. The minimum atomic E-state index is -3.47. The minimum absolute atomic E-state index is 0.00379. The van der Waals surface area contributed by atoms with E-state index >= 15 is 0 Å². The second-order valence-electron chi connectivity index (χ2n) is 9.65. The second kappa shape index (κ2) is 10.0. The Balaban J connectivity index is 1.69. The summed E-state index contributed by atoms with van der Waals surface area (Å²) in [6.45, 7) is 0. The predicted molar refractivity (Wildman–Crippen MR) is 116 cm³/mol. The summed E-state index contributed by atoms with van der Waals surface area (Å²) in [6, 6.07) is 2.81. The van der Waals surface area contributed by atoms with Crippen molar-refractivity contribution in [3.8, 4) is 0 Å². The molecule has 1 aromatic rings. The van der Waals surface area contributed by atoms with E-state index in [0.717, 1.165) is 0 Å². The number of rotatable bonds is 7. The molecule has 7 heteroatoms. The molecule has 0 aromatic carbocycles. The van der Waals surface area contributed by atoms with Crippen molar-refractivity contribution in [1.82, 2.24) is 0 Å². The van der Waals surface area contributed by atoms with Crippen LogP contribution in [-0.2, 0) is 3.17 Å². The summed E-state index contributed by atoms with van der Waals surface area (Å²) in [6.07, 6.45) is 18.8. The Hall–Kier alpha value is -1.05. The van der Waals surface area contributed by atoms with Gasteiger partial charge in [-0.1, -0.05) is 0 Å². The van der Waals surface area contributed by atoms with Gasteiger partial charge in [-0.2, -0.15) is 0 Å². The summed E-state index contributed by atoms with van der Waals surface area (Å²) in [7, 11) is 0. The predicted octanol–water partition coefficient (Wildman–Crippen LogP) is 7.27. The van der Waals surface area contributed by atoms with Crippen LogP contribution in [0.3, 0.4) is 0 Å². The Kier molecular flexibility index (Phi) is 7.42. The van der Waals surface area contributed by atoms with Crippen LogP contribution >= 0.6 is 0 Å². The van der Waals surface area contributed by atoms with Gasteiger partial charge in [-0.15, -0.1) is 0 Å². The van der Waals surface area contributed by atoms with Crippen molar-refractivity contribution in [1.29, 1.82) is 0 Å².